The van der Waals surface area contributed by atoms with Crippen molar-refractivity contribution in [1.82, 2.24) is 9.13 Å². The summed E-state index contributed by atoms with van der Waals surface area (Å²) in [5.74, 6) is -1.62. The number of rotatable bonds is 11. The average Bonchev–Trinajstić information content (AvgIpc) is 3.13. The summed E-state index contributed by atoms with van der Waals surface area (Å²) < 4.78 is 2.10. The van der Waals surface area contributed by atoms with Gasteiger partial charge in [0.2, 0.25) is 11.8 Å². The fraction of sp³-hybridized carbons (Fsp3) is 0.294. The van der Waals surface area contributed by atoms with E-state index in [4.69, 9.17) is 6.57 Å². The molecule has 21 heteroatoms. The van der Waals surface area contributed by atoms with Gasteiger partial charge in [0.15, 0.2) is 5.69 Å². The summed E-state index contributed by atoms with van der Waals surface area (Å²) in [6.07, 6.45) is 1.89. The predicted octanol–water partition coefficient (Wildman–Crippen LogP) is 7.97. The molecule has 1 atom stereocenters. The Hall–Kier alpha value is -6.97. The number of non-ortho nitro benzene ring substituents is 2. The van der Waals surface area contributed by atoms with Crippen LogP contribution in [0, 0.1) is 52.0 Å². The topological polar surface area (TPSA) is 289 Å². The first-order chi connectivity index (χ1) is 25.5. The van der Waals surface area contributed by atoms with Crippen LogP contribution in [0.3, 0.4) is 0 Å². The van der Waals surface area contributed by atoms with Gasteiger partial charge in [0.25, 0.3) is 28.2 Å². The van der Waals surface area contributed by atoms with Crippen LogP contribution in [-0.2, 0) is 23.3 Å². The van der Waals surface area contributed by atoms with Gasteiger partial charge < -0.3 is 20.4 Å². The molecule has 4 aromatic rings. The van der Waals surface area contributed by atoms with E-state index in [0.29, 0.717) is 12.8 Å². The molecular weight excluding hydrogens is 767 g/mol. The third kappa shape index (κ3) is 9.72. The molecule has 2 heterocycles. The Morgan fingerprint density at radius 2 is 1.35 bits per heavy atom. The molecule has 55 heavy (non-hydrogen) atoms. The first-order valence-corrected chi connectivity index (χ1v) is 16.0. The molecule has 20 nitrogen and oxygen atoms in total. The molecule has 289 valence electrons. The van der Waals surface area contributed by atoms with Gasteiger partial charge in [-0.25, -0.2) is 4.85 Å². The number of aromatic hydroxyl groups is 4. The largest absolute Gasteiger partial charge is 0.506 e. The maximum Gasteiger partial charge on any atom is 0.271 e. The molecule has 0 fully saturated rings. The van der Waals surface area contributed by atoms with Crippen molar-refractivity contribution in [1.29, 1.82) is 5.26 Å². The Balaban J connectivity index is 0.000000373. The molecule has 0 aliphatic carbocycles. The van der Waals surface area contributed by atoms with Crippen molar-refractivity contribution in [3.05, 3.63) is 105 Å². The monoisotopic (exact) mass is 801 g/mol. The van der Waals surface area contributed by atoms with Gasteiger partial charge in [-0.15, -0.1) is 20.5 Å². The van der Waals surface area contributed by atoms with Gasteiger partial charge in [-0.05, 0) is 51.3 Å². The summed E-state index contributed by atoms with van der Waals surface area (Å²) in [4.78, 5) is 48.4. The Labute approximate surface area is 322 Å². The van der Waals surface area contributed by atoms with Gasteiger partial charge in [-0.2, -0.15) is 5.26 Å². The van der Waals surface area contributed by atoms with E-state index in [2.05, 4.69) is 25.3 Å². The van der Waals surface area contributed by atoms with Crippen molar-refractivity contribution < 1.29 is 47.1 Å². The van der Waals surface area contributed by atoms with Crippen molar-refractivity contribution in [3.8, 4) is 29.3 Å². The smallest absolute Gasteiger partial charge is 0.271 e. The molecule has 2 aromatic carbocycles. The minimum atomic E-state index is -0.653. The number of unbranched alkanes of at least 4 members (excludes halogenated alkanes) is 1. The number of hydrogen-bond donors (Lipinski definition) is 4. The second-order valence-electron chi connectivity index (χ2n) is 11.5. The number of aromatic nitrogens is 2. The number of phenolic OH excluding ortho intramolecular Hbond substituents is 2. The van der Waals surface area contributed by atoms with E-state index in [1.54, 1.807) is 13.0 Å². The zero-order valence-corrected chi connectivity index (χ0v) is 31.0. The molecule has 0 saturated heterocycles. The van der Waals surface area contributed by atoms with Gasteiger partial charge in [-0.3, -0.25) is 39.0 Å². The molecule has 1 radical (unpaired) electrons. The van der Waals surface area contributed by atoms with Crippen molar-refractivity contribution in [2.24, 2.45) is 20.5 Å². The second-order valence-corrected chi connectivity index (χ2v) is 11.5. The van der Waals surface area contributed by atoms with E-state index < -0.39 is 38.8 Å². The van der Waals surface area contributed by atoms with Crippen LogP contribution in [0.5, 0.6) is 23.3 Å². The number of azo groups is 2. The zero-order chi connectivity index (χ0) is 40.4. The van der Waals surface area contributed by atoms with Crippen LogP contribution in [0.25, 0.3) is 4.85 Å². The first kappa shape index (κ1) is 44.2. The summed E-state index contributed by atoms with van der Waals surface area (Å²) in [6.45, 7) is 15.7. The Kier molecular flexibility index (Phi) is 15.4. The normalized spacial score (nSPS) is 11.3. The molecule has 4 N–H and O–H groups in total. The van der Waals surface area contributed by atoms with Crippen molar-refractivity contribution >= 4 is 39.8 Å². The third-order valence-electron chi connectivity index (χ3n) is 8.07. The van der Waals surface area contributed by atoms with E-state index in [-0.39, 0.29) is 91.3 Å². The molecule has 0 saturated carbocycles. The molecule has 0 aliphatic heterocycles. The maximum atomic E-state index is 12.4. The fourth-order valence-corrected chi connectivity index (χ4v) is 4.81. The number of nitro groups is 2. The summed E-state index contributed by atoms with van der Waals surface area (Å²) in [5, 5.41) is 86.7. The molecule has 0 amide bonds. The van der Waals surface area contributed by atoms with Crippen LogP contribution in [0.15, 0.2) is 66.4 Å². The summed E-state index contributed by atoms with van der Waals surface area (Å²) in [6, 6.07) is 7.86. The summed E-state index contributed by atoms with van der Waals surface area (Å²) >= 11 is 0. The number of benzene rings is 2. The second kappa shape index (κ2) is 19.2. The van der Waals surface area contributed by atoms with E-state index in [9.17, 15) is 55.5 Å². The summed E-state index contributed by atoms with van der Waals surface area (Å²) in [5.41, 5.74) is -2.60. The number of hydrogen-bond acceptors (Lipinski definition) is 15. The Morgan fingerprint density at radius 1 is 0.855 bits per heavy atom. The third-order valence-corrected chi connectivity index (χ3v) is 8.07. The Morgan fingerprint density at radius 3 is 1.76 bits per heavy atom. The number of nitro benzene ring substituents is 2. The predicted molar refractivity (Wildman–Crippen MR) is 193 cm³/mol. The van der Waals surface area contributed by atoms with Gasteiger partial charge in [0.05, 0.1) is 16.4 Å². The first-order valence-electron chi connectivity index (χ1n) is 16.0. The molecule has 4 rings (SSSR count). The van der Waals surface area contributed by atoms with Crippen LogP contribution in [-0.4, -0.2) is 39.4 Å². The van der Waals surface area contributed by atoms with Gasteiger partial charge in [-0.1, -0.05) is 20.3 Å². The molecule has 0 spiro atoms. The SMILES string of the molecule is CCCCn1c(O)c(N=Nc2cc([N+](=O)[O-])ccc2O)c(C)c(C#N)c1=O.[C-]#[N+]c1c(C)c(N=Nc2cc([N+](=O)[O-])ccc2O)c(O)n(C(C)CC)c1=O.[Co]. The van der Waals surface area contributed by atoms with Gasteiger partial charge in [0.1, 0.15) is 40.2 Å². The van der Waals surface area contributed by atoms with Crippen LogP contribution in [0.4, 0.5) is 39.8 Å². The van der Waals surface area contributed by atoms with E-state index >= 15 is 0 Å². The number of pyridine rings is 2. The van der Waals surface area contributed by atoms with Crippen molar-refractivity contribution in [2.45, 2.75) is 66.5 Å². The maximum absolute atomic E-state index is 12.4. The van der Waals surface area contributed by atoms with Crippen LogP contribution < -0.4 is 11.1 Å². The van der Waals surface area contributed by atoms with E-state index in [0.717, 1.165) is 52.0 Å². The average molecular weight is 802 g/mol. The fourth-order valence-electron chi connectivity index (χ4n) is 4.81. The van der Waals surface area contributed by atoms with E-state index in [1.165, 1.54) is 13.8 Å². The standard InChI is InChI=1S/2C17H17N5O5.Co/c1-5-9(2)21-16(24)14(18-4)10(3)15(17(21)25)20-19-12-8-11(22(26)27)6-7-13(12)23;1-3-4-7-21-16(24)12(9-18)10(2)15(17(21)25)20-19-13-8-11(22(26)27)5-6-14(13)23;/h6-9,23,25H,5H2,1-3H3;5-6,8,23,25H,3-4,7H2,1-2H3;. The van der Waals surface area contributed by atoms with Crippen molar-refractivity contribution in [3.63, 3.8) is 0 Å². The number of phenols is 2. The van der Waals surface area contributed by atoms with Crippen LogP contribution >= 0.6 is 0 Å². The van der Waals surface area contributed by atoms with Gasteiger partial charge >= 0.3 is 0 Å². The number of nitrogens with zero attached hydrogens (tertiary/aromatic N) is 10. The number of nitriles is 1. The van der Waals surface area contributed by atoms with Crippen molar-refractivity contribution in [2.75, 3.05) is 0 Å². The molecule has 2 aromatic heterocycles. The van der Waals surface area contributed by atoms with Crippen LogP contribution in [0.2, 0.25) is 0 Å². The quantitative estimate of drug-likeness (QED) is 0.0488. The van der Waals surface area contributed by atoms with Gasteiger partial charge in [0, 0.05) is 59.2 Å². The zero-order valence-electron chi connectivity index (χ0n) is 29.9. The van der Waals surface area contributed by atoms with Crippen LogP contribution in [0.1, 0.15) is 62.8 Å². The molecule has 0 aliphatic rings. The van der Waals surface area contributed by atoms with E-state index in [1.807, 2.05) is 13.8 Å². The minimum Gasteiger partial charge on any atom is -0.506 e. The molecule has 1 unspecified atom stereocenters. The Bertz CT molecular complexity index is 2390. The minimum absolute atomic E-state index is 0. The molecular formula is C34H34CoN10O10. The molecule has 0 bridgehead atoms. The summed E-state index contributed by atoms with van der Waals surface area (Å²) in [7, 11) is 0.